The highest BCUT2D eigenvalue weighted by Gasteiger charge is 2.28. The van der Waals surface area contributed by atoms with Crippen LogP contribution in [0.5, 0.6) is 0 Å². The number of amides is 1. The van der Waals surface area contributed by atoms with E-state index in [1.165, 1.54) is 9.75 Å². The number of hydrogen-bond acceptors (Lipinski definition) is 4. The summed E-state index contributed by atoms with van der Waals surface area (Å²) >= 11 is 1.71. The molecule has 2 unspecified atom stereocenters. The molecule has 0 saturated heterocycles. The standard InChI is InChI=1S/C14H23N3O2S/c1-7(2)12(13(15)17-19)14(18)16-9(4)11-6-8(3)20-10(11)5/h6-7,9,12,19H,1-5H3,(H2,15,17)(H,16,18). The molecule has 0 radical (unpaired) electrons. The summed E-state index contributed by atoms with van der Waals surface area (Å²) < 4.78 is 0. The Labute approximate surface area is 123 Å². The minimum atomic E-state index is -0.623. The van der Waals surface area contributed by atoms with Gasteiger partial charge in [0, 0.05) is 9.75 Å². The number of carbonyl (C=O) groups excluding carboxylic acids is 1. The van der Waals surface area contributed by atoms with E-state index in [0.717, 1.165) is 5.56 Å². The van der Waals surface area contributed by atoms with Gasteiger partial charge in [0.25, 0.3) is 0 Å². The third-order valence-corrected chi connectivity index (χ3v) is 4.27. The van der Waals surface area contributed by atoms with Gasteiger partial charge in [0.15, 0.2) is 5.84 Å². The van der Waals surface area contributed by atoms with Crippen LogP contribution in [0.1, 0.15) is 42.1 Å². The smallest absolute Gasteiger partial charge is 0.231 e. The van der Waals surface area contributed by atoms with Crippen LogP contribution in [-0.2, 0) is 4.79 Å². The molecule has 0 bridgehead atoms. The van der Waals surface area contributed by atoms with Gasteiger partial charge in [0.2, 0.25) is 5.91 Å². The average Bonchev–Trinajstić information content (AvgIpc) is 2.67. The molecule has 5 nitrogen and oxygen atoms in total. The maximum absolute atomic E-state index is 12.3. The summed E-state index contributed by atoms with van der Waals surface area (Å²) in [6.07, 6.45) is 0. The van der Waals surface area contributed by atoms with E-state index in [9.17, 15) is 4.79 Å². The molecule has 0 aliphatic rings. The summed E-state index contributed by atoms with van der Waals surface area (Å²) in [4.78, 5) is 14.7. The van der Waals surface area contributed by atoms with Gasteiger partial charge in [-0.2, -0.15) is 0 Å². The summed E-state index contributed by atoms with van der Waals surface area (Å²) in [6, 6.07) is 1.99. The second-order valence-corrected chi connectivity index (χ2v) is 6.81. The van der Waals surface area contributed by atoms with E-state index in [0.29, 0.717) is 0 Å². The van der Waals surface area contributed by atoms with Crippen molar-refractivity contribution in [3.05, 3.63) is 21.4 Å². The van der Waals surface area contributed by atoms with E-state index in [1.54, 1.807) is 11.3 Å². The highest BCUT2D eigenvalue weighted by molar-refractivity contribution is 7.12. The number of amidine groups is 1. The fourth-order valence-electron chi connectivity index (χ4n) is 2.30. The highest BCUT2D eigenvalue weighted by atomic mass is 32.1. The molecule has 1 aromatic heterocycles. The van der Waals surface area contributed by atoms with Crippen LogP contribution in [0, 0.1) is 25.7 Å². The number of nitrogens with two attached hydrogens (primary N) is 1. The van der Waals surface area contributed by atoms with Crippen molar-refractivity contribution < 1.29 is 10.0 Å². The summed E-state index contributed by atoms with van der Waals surface area (Å²) in [7, 11) is 0. The van der Waals surface area contributed by atoms with Gasteiger partial charge >= 0.3 is 0 Å². The normalized spacial score (nSPS) is 15.2. The SMILES string of the molecule is Cc1cc(C(C)NC(=O)C(C(N)=NO)C(C)C)c(C)s1. The molecular weight excluding hydrogens is 274 g/mol. The predicted molar refractivity (Wildman–Crippen MR) is 82.1 cm³/mol. The van der Waals surface area contributed by atoms with Gasteiger partial charge in [-0.25, -0.2) is 0 Å². The summed E-state index contributed by atoms with van der Waals surface area (Å²) in [5.74, 6) is -0.931. The van der Waals surface area contributed by atoms with Crippen molar-refractivity contribution in [2.24, 2.45) is 22.7 Å². The minimum Gasteiger partial charge on any atom is -0.409 e. The van der Waals surface area contributed by atoms with Crippen LogP contribution in [0.3, 0.4) is 0 Å². The predicted octanol–water partition coefficient (Wildman–Crippen LogP) is 2.56. The van der Waals surface area contributed by atoms with Crippen LogP contribution in [0.15, 0.2) is 11.2 Å². The lowest BCUT2D eigenvalue weighted by Crippen LogP contribution is -2.42. The second-order valence-electron chi connectivity index (χ2n) is 5.35. The molecule has 0 aliphatic carbocycles. The Kier molecular flexibility index (Phi) is 5.56. The van der Waals surface area contributed by atoms with E-state index in [1.807, 2.05) is 34.6 Å². The average molecular weight is 297 g/mol. The molecule has 1 aromatic rings. The number of aryl methyl sites for hydroxylation is 2. The molecule has 2 atom stereocenters. The number of nitrogens with one attached hydrogen (secondary N) is 1. The van der Waals surface area contributed by atoms with Gasteiger partial charge in [0.05, 0.1) is 6.04 Å². The molecule has 6 heteroatoms. The van der Waals surface area contributed by atoms with Crippen LogP contribution in [-0.4, -0.2) is 17.0 Å². The zero-order valence-corrected chi connectivity index (χ0v) is 13.4. The maximum atomic E-state index is 12.3. The minimum absolute atomic E-state index is 0.0385. The van der Waals surface area contributed by atoms with Crippen molar-refractivity contribution in [3.8, 4) is 0 Å². The molecule has 0 spiro atoms. The molecule has 4 N–H and O–H groups in total. The van der Waals surface area contributed by atoms with Crippen molar-refractivity contribution in [3.63, 3.8) is 0 Å². The lowest BCUT2D eigenvalue weighted by molar-refractivity contribution is -0.124. The molecule has 1 amide bonds. The summed E-state index contributed by atoms with van der Waals surface area (Å²) in [5.41, 5.74) is 6.72. The third kappa shape index (κ3) is 3.72. The number of nitrogens with zero attached hydrogens (tertiary/aromatic N) is 1. The zero-order chi connectivity index (χ0) is 15.4. The van der Waals surface area contributed by atoms with Crippen molar-refractivity contribution in [1.29, 1.82) is 0 Å². The summed E-state index contributed by atoms with van der Waals surface area (Å²) in [6.45, 7) is 9.76. The lowest BCUT2D eigenvalue weighted by atomic mass is 9.93. The van der Waals surface area contributed by atoms with Crippen molar-refractivity contribution >= 4 is 23.1 Å². The molecule has 0 fully saturated rings. The van der Waals surface area contributed by atoms with Gasteiger partial charge in [-0.15, -0.1) is 11.3 Å². The quantitative estimate of drug-likeness (QED) is 0.338. The summed E-state index contributed by atoms with van der Waals surface area (Å²) in [5, 5.41) is 14.7. The topological polar surface area (TPSA) is 87.7 Å². The van der Waals surface area contributed by atoms with Gasteiger partial charge in [-0.05, 0) is 38.3 Å². The van der Waals surface area contributed by atoms with Gasteiger partial charge in [-0.1, -0.05) is 19.0 Å². The monoisotopic (exact) mass is 297 g/mol. The Bertz CT molecular complexity index is 509. The van der Waals surface area contributed by atoms with Crippen molar-refractivity contribution in [2.45, 2.75) is 40.7 Å². The van der Waals surface area contributed by atoms with E-state index in [-0.39, 0.29) is 23.7 Å². The van der Waals surface area contributed by atoms with Crippen LogP contribution < -0.4 is 11.1 Å². The second kappa shape index (κ2) is 6.74. The van der Waals surface area contributed by atoms with Crippen molar-refractivity contribution in [2.75, 3.05) is 0 Å². The molecule has 0 saturated carbocycles. The van der Waals surface area contributed by atoms with Gasteiger partial charge < -0.3 is 16.3 Å². The number of rotatable bonds is 5. The first kappa shape index (κ1) is 16.5. The van der Waals surface area contributed by atoms with Crippen LogP contribution in [0.4, 0.5) is 0 Å². The Hall–Kier alpha value is -1.56. The molecule has 0 aromatic carbocycles. The van der Waals surface area contributed by atoms with Crippen LogP contribution in [0.2, 0.25) is 0 Å². The molecule has 0 aliphatic heterocycles. The van der Waals surface area contributed by atoms with Crippen LogP contribution in [0.25, 0.3) is 0 Å². The van der Waals surface area contributed by atoms with E-state index in [2.05, 4.69) is 16.5 Å². The fraction of sp³-hybridized carbons (Fsp3) is 0.571. The molecular formula is C14H23N3O2S. The molecule has 20 heavy (non-hydrogen) atoms. The van der Waals surface area contributed by atoms with Gasteiger partial charge in [0.1, 0.15) is 5.92 Å². The van der Waals surface area contributed by atoms with Gasteiger partial charge in [-0.3, -0.25) is 4.79 Å². The first-order valence-corrected chi connectivity index (χ1v) is 7.44. The molecule has 1 heterocycles. The maximum Gasteiger partial charge on any atom is 0.231 e. The van der Waals surface area contributed by atoms with E-state index >= 15 is 0 Å². The van der Waals surface area contributed by atoms with E-state index < -0.39 is 5.92 Å². The first-order chi connectivity index (χ1) is 9.27. The lowest BCUT2D eigenvalue weighted by Gasteiger charge is -2.22. The van der Waals surface area contributed by atoms with E-state index in [4.69, 9.17) is 10.9 Å². The molecule has 112 valence electrons. The number of carbonyl (C=O) groups is 1. The van der Waals surface area contributed by atoms with Crippen molar-refractivity contribution in [1.82, 2.24) is 5.32 Å². The zero-order valence-electron chi connectivity index (χ0n) is 12.6. The number of hydrogen-bond donors (Lipinski definition) is 3. The first-order valence-electron chi connectivity index (χ1n) is 6.62. The Morgan fingerprint density at radius 3 is 2.40 bits per heavy atom. The highest BCUT2D eigenvalue weighted by Crippen LogP contribution is 2.26. The third-order valence-electron chi connectivity index (χ3n) is 3.29. The number of thiophene rings is 1. The Balaban J connectivity index is 2.86. The van der Waals surface area contributed by atoms with Crippen LogP contribution >= 0.6 is 11.3 Å². The Morgan fingerprint density at radius 2 is 2.00 bits per heavy atom. The molecule has 1 rings (SSSR count). The number of oxime groups is 1. The fourth-order valence-corrected chi connectivity index (χ4v) is 3.32. The largest absolute Gasteiger partial charge is 0.409 e. The Morgan fingerprint density at radius 1 is 1.40 bits per heavy atom.